The summed E-state index contributed by atoms with van der Waals surface area (Å²) in [6, 6.07) is -0.439. The minimum Gasteiger partial charge on any atom is -0.444 e. The number of carbonyl (C=O) groups is 2. The van der Waals surface area contributed by atoms with Crippen LogP contribution in [0.4, 0.5) is 4.79 Å². The number of Topliss-reactive ketones (excluding diaryl/α,β-unsaturated/α-hetero) is 1. The van der Waals surface area contributed by atoms with Crippen LogP contribution in [0.5, 0.6) is 0 Å². The van der Waals surface area contributed by atoms with Gasteiger partial charge in [0.05, 0.1) is 12.1 Å². The Balaban J connectivity index is 2.69. The number of hydrogen-bond donors (Lipinski definition) is 2. The Morgan fingerprint density at radius 3 is 2.25 bits per heavy atom. The van der Waals surface area contributed by atoms with E-state index in [1.807, 2.05) is 13.8 Å². The Labute approximate surface area is 146 Å². The van der Waals surface area contributed by atoms with E-state index in [1.54, 1.807) is 20.8 Å². The van der Waals surface area contributed by atoms with Gasteiger partial charge in [-0.15, -0.1) is 0 Å². The summed E-state index contributed by atoms with van der Waals surface area (Å²) in [5.41, 5.74) is -0.585. The summed E-state index contributed by atoms with van der Waals surface area (Å²) >= 11 is 0. The molecule has 5 nitrogen and oxygen atoms in total. The monoisotopic (exact) mass is 341 g/mol. The fraction of sp³-hybridized carbons (Fsp3) is 0.895. The number of hydrogen-bond acceptors (Lipinski definition) is 4. The molecule has 0 aromatic heterocycles. The van der Waals surface area contributed by atoms with E-state index in [-0.39, 0.29) is 18.1 Å². The van der Waals surface area contributed by atoms with Crippen LogP contribution < -0.4 is 5.32 Å². The summed E-state index contributed by atoms with van der Waals surface area (Å²) in [7, 11) is 0. The highest BCUT2D eigenvalue weighted by Crippen LogP contribution is 2.28. The molecule has 1 fully saturated rings. The molecule has 0 bridgehead atoms. The largest absolute Gasteiger partial charge is 0.444 e. The number of ether oxygens (including phenoxy) is 1. The van der Waals surface area contributed by atoms with Gasteiger partial charge in [-0.1, -0.05) is 46.0 Å². The van der Waals surface area contributed by atoms with Gasteiger partial charge in [0.25, 0.3) is 0 Å². The van der Waals surface area contributed by atoms with Crippen LogP contribution in [0.1, 0.15) is 79.6 Å². The van der Waals surface area contributed by atoms with E-state index in [1.165, 1.54) is 19.3 Å². The number of carbonyl (C=O) groups excluding carboxylic acids is 2. The predicted molar refractivity (Wildman–Crippen MR) is 94.8 cm³/mol. The van der Waals surface area contributed by atoms with Crippen LogP contribution in [0.15, 0.2) is 0 Å². The van der Waals surface area contributed by atoms with Gasteiger partial charge in [0.15, 0.2) is 0 Å². The Morgan fingerprint density at radius 2 is 1.75 bits per heavy atom. The lowest BCUT2D eigenvalue weighted by molar-refractivity contribution is -0.124. The highest BCUT2D eigenvalue weighted by molar-refractivity contribution is 5.80. The van der Waals surface area contributed by atoms with Crippen molar-refractivity contribution in [2.75, 3.05) is 0 Å². The lowest BCUT2D eigenvalue weighted by Crippen LogP contribution is -2.47. The van der Waals surface area contributed by atoms with Gasteiger partial charge in [0.1, 0.15) is 11.4 Å². The highest BCUT2D eigenvalue weighted by Gasteiger charge is 2.29. The number of alkyl carbamates (subject to hydrolysis) is 1. The highest BCUT2D eigenvalue weighted by atomic mass is 16.6. The van der Waals surface area contributed by atoms with E-state index in [4.69, 9.17) is 4.74 Å². The third kappa shape index (κ3) is 8.13. The van der Waals surface area contributed by atoms with Crippen molar-refractivity contribution in [2.24, 2.45) is 11.8 Å². The van der Waals surface area contributed by atoms with Crippen molar-refractivity contribution in [2.45, 2.75) is 97.3 Å². The zero-order valence-electron chi connectivity index (χ0n) is 15.9. The zero-order valence-corrected chi connectivity index (χ0v) is 15.9. The van der Waals surface area contributed by atoms with Crippen molar-refractivity contribution in [3.05, 3.63) is 0 Å². The summed E-state index contributed by atoms with van der Waals surface area (Å²) < 4.78 is 5.31. The first-order valence-corrected chi connectivity index (χ1v) is 9.28. The van der Waals surface area contributed by atoms with E-state index >= 15 is 0 Å². The van der Waals surface area contributed by atoms with Crippen LogP contribution in [0.2, 0.25) is 0 Å². The van der Waals surface area contributed by atoms with Gasteiger partial charge in [0, 0.05) is 12.3 Å². The van der Waals surface area contributed by atoms with Gasteiger partial charge < -0.3 is 15.2 Å². The smallest absolute Gasteiger partial charge is 0.407 e. The molecule has 0 aliphatic heterocycles. The summed E-state index contributed by atoms with van der Waals surface area (Å²) in [6.45, 7) is 9.07. The maximum Gasteiger partial charge on any atom is 0.407 e. The molecule has 5 heteroatoms. The lowest BCUT2D eigenvalue weighted by Gasteiger charge is -2.31. The molecule has 0 saturated heterocycles. The normalized spacial score (nSPS) is 19.0. The number of nitrogens with one attached hydrogen (secondary N) is 1. The predicted octanol–water partition coefficient (Wildman–Crippen LogP) is 3.83. The van der Waals surface area contributed by atoms with Crippen molar-refractivity contribution in [3.8, 4) is 0 Å². The molecule has 1 aliphatic rings. The second-order valence-electron chi connectivity index (χ2n) is 8.38. The topological polar surface area (TPSA) is 75.6 Å². The van der Waals surface area contributed by atoms with Crippen molar-refractivity contribution in [1.29, 1.82) is 0 Å². The van der Waals surface area contributed by atoms with Crippen molar-refractivity contribution in [1.82, 2.24) is 5.32 Å². The van der Waals surface area contributed by atoms with Crippen LogP contribution >= 0.6 is 0 Å². The van der Waals surface area contributed by atoms with Gasteiger partial charge in [0.2, 0.25) is 0 Å². The molecule has 1 saturated carbocycles. The number of aliphatic hydroxyl groups excluding tert-OH is 1. The Bertz CT molecular complexity index is 408. The van der Waals surface area contributed by atoms with Gasteiger partial charge in [-0.05, 0) is 33.1 Å². The van der Waals surface area contributed by atoms with Gasteiger partial charge in [-0.25, -0.2) is 4.79 Å². The average Bonchev–Trinajstić information content (AvgIpc) is 2.45. The molecule has 140 valence electrons. The molecule has 0 spiro atoms. The quantitative estimate of drug-likeness (QED) is 0.738. The van der Waals surface area contributed by atoms with Crippen molar-refractivity contribution < 1.29 is 19.4 Å². The van der Waals surface area contributed by atoms with Crippen molar-refractivity contribution in [3.63, 3.8) is 0 Å². The van der Waals surface area contributed by atoms with E-state index in [0.29, 0.717) is 12.3 Å². The Morgan fingerprint density at radius 1 is 1.17 bits per heavy atom. The van der Waals surface area contributed by atoms with Gasteiger partial charge in [-0.2, -0.15) is 0 Å². The third-order valence-electron chi connectivity index (χ3n) is 4.53. The van der Waals surface area contributed by atoms with Crippen LogP contribution in [0, 0.1) is 11.8 Å². The molecule has 1 aliphatic carbocycles. The molecule has 24 heavy (non-hydrogen) atoms. The zero-order chi connectivity index (χ0) is 18.3. The summed E-state index contributed by atoms with van der Waals surface area (Å²) in [5.74, 6) is 0.390. The summed E-state index contributed by atoms with van der Waals surface area (Å²) in [5, 5.41) is 13.3. The van der Waals surface area contributed by atoms with E-state index in [0.717, 1.165) is 12.8 Å². The molecule has 2 N–H and O–H groups in total. The van der Waals surface area contributed by atoms with E-state index < -0.39 is 23.8 Å². The standard InChI is InChI=1S/C19H35NO4/c1-13(2)16(21)12-17(22)15(11-14-9-7-6-8-10-14)20-18(23)24-19(3,4)5/h13-15,17,22H,6-12H2,1-5H3,(H,20,23)/t15-,17+/m0/s1. The number of ketones is 1. The van der Waals surface area contributed by atoms with Crippen molar-refractivity contribution >= 4 is 11.9 Å². The molecule has 0 heterocycles. The fourth-order valence-electron chi connectivity index (χ4n) is 3.14. The Kier molecular flexibility index (Phi) is 8.20. The first-order valence-electron chi connectivity index (χ1n) is 9.28. The van der Waals surface area contributed by atoms with E-state index in [2.05, 4.69) is 5.32 Å². The maximum atomic E-state index is 12.1. The van der Waals surface area contributed by atoms with Gasteiger partial charge in [-0.3, -0.25) is 4.79 Å². The first-order chi connectivity index (χ1) is 11.1. The second-order valence-corrected chi connectivity index (χ2v) is 8.38. The first kappa shape index (κ1) is 20.9. The van der Waals surface area contributed by atoms with Crippen LogP contribution in [0.3, 0.4) is 0 Å². The molecular formula is C19H35NO4. The molecule has 0 aromatic rings. The molecule has 2 atom stereocenters. The third-order valence-corrected chi connectivity index (χ3v) is 4.53. The molecular weight excluding hydrogens is 306 g/mol. The molecule has 1 rings (SSSR count). The van der Waals surface area contributed by atoms with Gasteiger partial charge >= 0.3 is 6.09 Å². The van der Waals surface area contributed by atoms with Crippen LogP contribution in [-0.2, 0) is 9.53 Å². The number of rotatable bonds is 7. The lowest BCUT2D eigenvalue weighted by atomic mass is 9.83. The minimum atomic E-state index is -0.866. The Hall–Kier alpha value is -1.10. The molecule has 0 aromatic carbocycles. The molecule has 0 radical (unpaired) electrons. The SMILES string of the molecule is CC(C)C(=O)C[C@@H](O)[C@H](CC1CCCCC1)NC(=O)OC(C)(C)C. The minimum absolute atomic E-state index is 0.0159. The number of amides is 1. The maximum absolute atomic E-state index is 12.1. The van der Waals surface area contributed by atoms with Crippen LogP contribution in [-0.4, -0.2) is 34.7 Å². The van der Waals surface area contributed by atoms with Crippen LogP contribution in [0.25, 0.3) is 0 Å². The molecule has 1 amide bonds. The average molecular weight is 341 g/mol. The number of aliphatic hydroxyl groups is 1. The summed E-state index contributed by atoms with van der Waals surface area (Å²) in [6.07, 6.45) is 5.28. The molecule has 0 unspecified atom stereocenters. The fourth-order valence-corrected chi connectivity index (χ4v) is 3.14. The summed E-state index contributed by atoms with van der Waals surface area (Å²) in [4.78, 5) is 24.1. The van der Waals surface area contributed by atoms with E-state index in [9.17, 15) is 14.7 Å². The second kappa shape index (κ2) is 9.40.